The van der Waals surface area contributed by atoms with Gasteiger partial charge in [-0.1, -0.05) is 0 Å². The van der Waals surface area contributed by atoms with Crippen molar-refractivity contribution in [2.24, 2.45) is 5.73 Å². The second-order valence-electron chi connectivity index (χ2n) is 4.44. The first-order valence-corrected chi connectivity index (χ1v) is 6.92. The van der Waals surface area contributed by atoms with Crippen molar-refractivity contribution in [2.45, 2.75) is 6.18 Å². The highest BCUT2D eigenvalue weighted by molar-refractivity contribution is 9.10. The Kier molecular flexibility index (Phi) is 4.69. The first-order valence-electron chi connectivity index (χ1n) is 6.12. The first-order chi connectivity index (χ1) is 10.7. The Morgan fingerprint density at radius 3 is 2.48 bits per heavy atom. The number of halogens is 4. The molecule has 120 valence electrons. The van der Waals surface area contributed by atoms with Gasteiger partial charge in [0.05, 0.1) is 11.1 Å². The van der Waals surface area contributed by atoms with Crippen molar-refractivity contribution in [2.75, 3.05) is 5.32 Å². The average Bonchev–Trinajstić information content (AvgIpc) is 2.46. The van der Waals surface area contributed by atoms with Gasteiger partial charge in [0, 0.05) is 16.4 Å². The van der Waals surface area contributed by atoms with Gasteiger partial charge in [0.1, 0.15) is 5.69 Å². The zero-order valence-electron chi connectivity index (χ0n) is 11.3. The van der Waals surface area contributed by atoms with Gasteiger partial charge in [-0.05, 0) is 46.3 Å². The summed E-state index contributed by atoms with van der Waals surface area (Å²) in [5.41, 5.74) is 4.03. The number of nitrogens with zero attached hydrogens (tertiary/aromatic N) is 1. The minimum Gasteiger partial charge on any atom is -0.364 e. The third-order valence-electron chi connectivity index (χ3n) is 2.81. The third-order valence-corrected chi connectivity index (χ3v) is 3.50. The number of pyridine rings is 1. The Morgan fingerprint density at radius 1 is 1.17 bits per heavy atom. The van der Waals surface area contributed by atoms with Crippen LogP contribution in [-0.4, -0.2) is 16.8 Å². The van der Waals surface area contributed by atoms with Gasteiger partial charge >= 0.3 is 6.18 Å². The Labute approximate surface area is 136 Å². The highest BCUT2D eigenvalue weighted by Crippen LogP contribution is 2.32. The van der Waals surface area contributed by atoms with Crippen LogP contribution in [0.1, 0.15) is 26.4 Å². The normalized spacial score (nSPS) is 11.1. The van der Waals surface area contributed by atoms with Gasteiger partial charge in [-0.2, -0.15) is 13.2 Å². The molecule has 1 aromatic carbocycles. The summed E-state index contributed by atoms with van der Waals surface area (Å²) in [5.74, 6) is -1.56. The second kappa shape index (κ2) is 6.37. The molecule has 0 spiro atoms. The summed E-state index contributed by atoms with van der Waals surface area (Å²) < 4.78 is 38.4. The molecule has 1 aromatic heterocycles. The zero-order chi connectivity index (χ0) is 17.2. The molecule has 0 aliphatic carbocycles. The number of primary amides is 1. The molecule has 3 N–H and O–H groups in total. The van der Waals surface area contributed by atoms with Gasteiger partial charge in [0.2, 0.25) is 0 Å². The predicted molar refractivity (Wildman–Crippen MR) is 79.9 cm³/mol. The third kappa shape index (κ3) is 4.07. The summed E-state index contributed by atoms with van der Waals surface area (Å²) in [7, 11) is 0. The Morgan fingerprint density at radius 2 is 1.87 bits per heavy atom. The monoisotopic (exact) mass is 387 g/mol. The number of anilines is 1. The van der Waals surface area contributed by atoms with Gasteiger partial charge in [-0.3, -0.25) is 14.6 Å². The largest absolute Gasteiger partial charge is 0.416 e. The smallest absolute Gasteiger partial charge is 0.364 e. The van der Waals surface area contributed by atoms with E-state index in [4.69, 9.17) is 5.73 Å². The van der Waals surface area contributed by atoms with Crippen molar-refractivity contribution in [3.05, 3.63) is 57.8 Å². The molecule has 1 heterocycles. The van der Waals surface area contributed by atoms with Crippen LogP contribution in [0.2, 0.25) is 0 Å². The van der Waals surface area contributed by atoms with Crippen LogP contribution < -0.4 is 11.1 Å². The van der Waals surface area contributed by atoms with Crippen molar-refractivity contribution in [3.63, 3.8) is 0 Å². The Bertz CT molecular complexity index is 778. The molecule has 0 bridgehead atoms. The average molecular weight is 388 g/mol. The standard InChI is InChI=1S/C14H9BrF3N3O2/c15-10-2-1-7(14(16,17)18)5-9(10)13(23)21-8-3-4-20-11(6-8)12(19)22/h1-6H,(H2,19,22)(H,20,21,23). The second-order valence-corrected chi connectivity index (χ2v) is 5.29. The van der Waals surface area contributed by atoms with E-state index in [1.54, 1.807) is 0 Å². The van der Waals surface area contributed by atoms with Gasteiger partial charge in [-0.15, -0.1) is 0 Å². The Balaban J connectivity index is 2.31. The predicted octanol–water partition coefficient (Wildman–Crippen LogP) is 3.21. The van der Waals surface area contributed by atoms with E-state index in [2.05, 4.69) is 26.2 Å². The molecule has 0 atom stereocenters. The van der Waals surface area contributed by atoms with Gasteiger partial charge in [-0.25, -0.2) is 0 Å². The van der Waals surface area contributed by atoms with E-state index in [0.717, 1.165) is 18.2 Å². The Hall–Kier alpha value is -2.42. The van der Waals surface area contributed by atoms with Crippen LogP contribution in [0.5, 0.6) is 0 Å². The number of hydrogen-bond donors (Lipinski definition) is 2. The van der Waals surface area contributed by atoms with Crippen molar-refractivity contribution in [1.82, 2.24) is 4.98 Å². The fraction of sp³-hybridized carbons (Fsp3) is 0.0714. The molecule has 5 nitrogen and oxygen atoms in total. The number of aromatic nitrogens is 1. The molecule has 2 amide bonds. The number of amides is 2. The summed E-state index contributed by atoms with van der Waals surface area (Å²) >= 11 is 3.03. The maximum atomic E-state index is 12.7. The molecule has 0 saturated carbocycles. The van der Waals surface area contributed by atoms with Crippen LogP contribution in [0, 0.1) is 0 Å². The van der Waals surface area contributed by atoms with Crippen LogP contribution in [0.15, 0.2) is 41.0 Å². The SMILES string of the molecule is NC(=O)c1cc(NC(=O)c2cc(C(F)(F)F)ccc2Br)ccn1. The molecule has 0 aliphatic heterocycles. The number of nitrogens with two attached hydrogens (primary N) is 1. The first kappa shape index (κ1) is 16.9. The maximum Gasteiger partial charge on any atom is 0.416 e. The lowest BCUT2D eigenvalue weighted by atomic mass is 10.1. The lowest BCUT2D eigenvalue weighted by Gasteiger charge is -2.11. The van der Waals surface area contributed by atoms with E-state index >= 15 is 0 Å². The summed E-state index contributed by atoms with van der Waals surface area (Å²) in [4.78, 5) is 26.9. The highest BCUT2D eigenvalue weighted by atomic mass is 79.9. The van der Waals surface area contributed by atoms with E-state index in [0.29, 0.717) is 0 Å². The molecular formula is C14H9BrF3N3O2. The van der Waals surface area contributed by atoms with Crippen molar-refractivity contribution < 1.29 is 22.8 Å². The molecule has 2 aromatic rings. The van der Waals surface area contributed by atoms with Gasteiger partial charge in [0.25, 0.3) is 11.8 Å². The lowest BCUT2D eigenvalue weighted by Crippen LogP contribution is -2.17. The molecule has 23 heavy (non-hydrogen) atoms. The van der Waals surface area contributed by atoms with Crippen LogP contribution in [0.4, 0.5) is 18.9 Å². The molecular weight excluding hydrogens is 379 g/mol. The molecule has 2 rings (SSSR count). The number of rotatable bonds is 3. The molecule has 9 heteroatoms. The number of carbonyl (C=O) groups is 2. The van der Waals surface area contributed by atoms with Crippen LogP contribution in [-0.2, 0) is 6.18 Å². The van der Waals surface area contributed by atoms with Crippen LogP contribution in [0.25, 0.3) is 0 Å². The number of benzene rings is 1. The number of hydrogen-bond acceptors (Lipinski definition) is 3. The van der Waals surface area contributed by atoms with Gasteiger partial charge in [0.15, 0.2) is 0 Å². The topological polar surface area (TPSA) is 85.1 Å². The lowest BCUT2D eigenvalue weighted by molar-refractivity contribution is -0.137. The molecule has 0 fully saturated rings. The fourth-order valence-electron chi connectivity index (χ4n) is 1.72. The summed E-state index contributed by atoms with van der Waals surface area (Å²) in [6.45, 7) is 0. The molecule has 0 radical (unpaired) electrons. The highest BCUT2D eigenvalue weighted by Gasteiger charge is 2.31. The van der Waals surface area contributed by atoms with E-state index in [-0.39, 0.29) is 21.4 Å². The van der Waals surface area contributed by atoms with Crippen LogP contribution in [0.3, 0.4) is 0 Å². The number of alkyl halides is 3. The van der Waals surface area contributed by atoms with Crippen molar-refractivity contribution >= 4 is 33.4 Å². The maximum absolute atomic E-state index is 12.7. The van der Waals surface area contributed by atoms with E-state index in [9.17, 15) is 22.8 Å². The molecule has 0 aliphatic rings. The molecule has 0 saturated heterocycles. The number of carbonyl (C=O) groups excluding carboxylic acids is 2. The van der Waals surface area contributed by atoms with Crippen molar-refractivity contribution in [1.29, 1.82) is 0 Å². The summed E-state index contributed by atoms with van der Waals surface area (Å²) in [6, 6.07) is 5.33. The fourth-order valence-corrected chi connectivity index (χ4v) is 2.14. The van der Waals surface area contributed by atoms with Crippen LogP contribution >= 0.6 is 15.9 Å². The minimum atomic E-state index is -4.56. The quantitative estimate of drug-likeness (QED) is 0.847. The molecule has 0 unspecified atom stereocenters. The van der Waals surface area contributed by atoms with Gasteiger partial charge < -0.3 is 11.1 Å². The summed E-state index contributed by atoms with van der Waals surface area (Å²) in [5, 5.41) is 2.39. The van der Waals surface area contributed by atoms with E-state index in [1.807, 2.05) is 0 Å². The van der Waals surface area contributed by atoms with Crippen molar-refractivity contribution in [3.8, 4) is 0 Å². The zero-order valence-corrected chi connectivity index (χ0v) is 12.9. The van der Waals surface area contributed by atoms with E-state index in [1.165, 1.54) is 18.3 Å². The summed E-state index contributed by atoms with van der Waals surface area (Å²) in [6.07, 6.45) is -3.32. The minimum absolute atomic E-state index is 0.0779. The number of nitrogens with one attached hydrogen (secondary N) is 1. The van der Waals surface area contributed by atoms with E-state index < -0.39 is 23.6 Å².